The Labute approximate surface area is 115 Å². The van der Waals surface area contributed by atoms with Gasteiger partial charge in [0.1, 0.15) is 0 Å². The zero-order valence-corrected chi connectivity index (χ0v) is 11.4. The Morgan fingerprint density at radius 3 is 2.56 bits per heavy atom. The van der Waals surface area contributed by atoms with Crippen LogP contribution in [0.4, 0.5) is 5.69 Å². The van der Waals surface area contributed by atoms with Crippen molar-refractivity contribution in [1.82, 2.24) is 0 Å². The maximum Gasteiger partial charge on any atom is 0.234 e. The second-order valence-electron chi connectivity index (χ2n) is 4.65. The van der Waals surface area contributed by atoms with E-state index < -0.39 is 5.41 Å². The third-order valence-electron chi connectivity index (χ3n) is 3.16. The van der Waals surface area contributed by atoms with Crippen LogP contribution in [0.15, 0.2) is 18.2 Å². The van der Waals surface area contributed by atoms with Crippen molar-refractivity contribution >= 4 is 34.8 Å². The van der Waals surface area contributed by atoms with Gasteiger partial charge in [-0.3, -0.25) is 4.79 Å². The molecule has 4 nitrogen and oxygen atoms in total. The minimum atomic E-state index is -0.727. The van der Waals surface area contributed by atoms with Gasteiger partial charge in [-0.2, -0.15) is 0 Å². The van der Waals surface area contributed by atoms with Gasteiger partial charge in [-0.15, -0.1) is 0 Å². The van der Waals surface area contributed by atoms with Gasteiger partial charge < -0.3 is 15.8 Å². The number of hydrogen-bond acceptors (Lipinski definition) is 3. The summed E-state index contributed by atoms with van der Waals surface area (Å²) in [5.41, 5.74) is 5.72. The predicted octanol–water partition coefficient (Wildman–Crippen LogP) is 2.30. The summed E-state index contributed by atoms with van der Waals surface area (Å²) in [7, 11) is 0. The highest BCUT2D eigenvalue weighted by molar-refractivity contribution is 6.35. The van der Waals surface area contributed by atoms with Crippen molar-refractivity contribution < 1.29 is 9.53 Å². The lowest BCUT2D eigenvalue weighted by Crippen LogP contribution is -2.47. The lowest BCUT2D eigenvalue weighted by Gasteiger charge is -2.25. The van der Waals surface area contributed by atoms with E-state index in [2.05, 4.69) is 5.32 Å². The first-order chi connectivity index (χ1) is 8.41. The number of rotatable bonds is 2. The number of carbonyl (C=O) groups is 1. The molecule has 0 spiro atoms. The zero-order valence-electron chi connectivity index (χ0n) is 9.87. The molecule has 0 bridgehead atoms. The molecule has 1 heterocycles. The highest BCUT2D eigenvalue weighted by Crippen LogP contribution is 2.30. The second kappa shape index (κ2) is 5.05. The molecule has 2 rings (SSSR count). The highest BCUT2D eigenvalue weighted by atomic mass is 35.5. The van der Waals surface area contributed by atoms with E-state index in [1.165, 1.54) is 0 Å². The maximum absolute atomic E-state index is 12.2. The highest BCUT2D eigenvalue weighted by Gasteiger charge is 2.44. The van der Waals surface area contributed by atoms with E-state index in [0.717, 1.165) is 0 Å². The first-order valence-corrected chi connectivity index (χ1v) is 6.28. The number of nitrogens with one attached hydrogen (secondary N) is 1. The molecule has 2 unspecified atom stereocenters. The quantitative estimate of drug-likeness (QED) is 0.878. The minimum absolute atomic E-state index is 0.189. The SMILES string of the molecule is CC1(C(=O)Nc2cc(Cl)cc(Cl)c2)COCC1N. The van der Waals surface area contributed by atoms with Crippen molar-refractivity contribution in [2.45, 2.75) is 13.0 Å². The number of benzene rings is 1. The van der Waals surface area contributed by atoms with Crippen LogP contribution in [-0.2, 0) is 9.53 Å². The fraction of sp³-hybridized carbons (Fsp3) is 0.417. The number of ether oxygens (including phenoxy) is 1. The summed E-state index contributed by atoms with van der Waals surface area (Å²) in [6, 6.07) is 4.56. The molecule has 1 fully saturated rings. The van der Waals surface area contributed by atoms with Crippen LogP contribution in [0.5, 0.6) is 0 Å². The zero-order chi connectivity index (χ0) is 13.3. The molecular formula is C12H14Cl2N2O2. The number of anilines is 1. The monoisotopic (exact) mass is 288 g/mol. The van der Waals surface area contributed by atoms with Crippen LogP contribution in [-0.4, -0.2) is 25.2 Å². The molecule has 18 heavy (non-hydrogen) atoms. The van der Waals surface area contributed by atoms with Crippen molar-refractivity contribution in [3.8, 4) is 0 Å². The Balaban J connectivity index is 2.16. The van der Waals surface area contributed by atoms with Crippen LogP contribution in [0.2, 0.25) is 10.0 Å². The fourth-order valence-electron chi connectivity index (χ4n) is 1.82. The fourth-order valence-corrected chi connectivity index (χ4v) is 2.35. The van der Waals surface area contributed by atoms with Crippen molar-refractivity contribution in [2.24, 2.45) is 11.1 Å². The lowest BCUT2D eigenvalue weighted by molar-refractivity contribution is -0.125. The Morgan fingerprint density at radius 1 is 1.44 bits per heavy atom. The molecule has 1 aliphatic rings. The third kappa shape index (κ3) is 2.62. The summed E-state index contributed by atoms with van der Waals surface area (Å²) in [6.07, 6.45) is 0. The summed E-state index contributed by atoms with van der Waals surface area (Å²) >= 11 is 11.7. The van der Waals surface area contributed by atoms with Gasteiger partial charge in [0, 0.05) is 21.8 Å². The Hall–Kier alpha value is -0.810. The normalized spacial score (nSPS) is 27.2. The van der Waals surface area contributed by atoms with Crippen molar-refractivity contribution in [3.05, 3.63) is 28.2 Å². The summed E-state index contributed by atoms with van der Waals surface area (Å²) in [4.78, 5) is 12.2. The summed E-state index contributed by atoms with van der Waals surface area (Å²) in [5, 5.41) is 3.70. The van der Waals surface area contributed by atoms with Gasteiger partial charge in [-0.1, -0.05) is 23.2 Å². The van der Waals surface area contributed by atoms with Crippen LogP contribution < -0.4 is 11.1 Å². The van der Waals surface area contributed by atoms with Crippen molar-refractivity contribution in [1.29, 1.82) is 0 Å². The van der Waals surface area contributed by atoms with E-state index in [-0.39, 0.29) is 11.9 Å². The molecule has 2 atom stereocenters. The minimum Gasteiger partial charge on any atom is -0.379 e. The Bertz CT molecular complexity index is 461. The largest absolute Gasteiger partial charge is 0.379 e. The summed E-state index contributed by atoms with van der Waals surface area (Å²) < 4.78 is 5.24. The molecule has 98 valence electrons. The summed E-state index contributed by atoms with van der Waals surface area (Å²) in [6.45, 7) is 2.49. The number of nitrogens with two attached hydrogens (primary N) is 1. The van der Waals surface area contributed by atoms with Crippen molar-refractivity contribution in [3.63, 3.8) is 0 Å². The lowest BCUT2D eigenvalue weighted by atomic mass is 9.85. The van der Waals surface area contributed by atoms with Crippen LogP contribution in [0, 0.1) is 5.41 Å². The first kappa shape index (κ1) is 13.6. The van der Waals surface area contributed by atoms with Gasteiger partial charge in [0.05, 0.1) is 18.6 Å². The van der Waals surface area contributed by atoms with E-state index in [0.29, 0.717) is 28.9 Å². The summed E-state index contributed by atoms with van der Waals surface area (Å²) in [5.74, 6) is -0.189. The average Bonchev–Trinajstić information content (AvgIpc) is 2.59. The molecule has 0 radical (unpaired) electrons. The molecule has 6 heteroatoms. The molecule has 1 amide bonds. The van der Waals surface area contributed by atoms with Gasteiger partial charge in [0.25, 0.3) is 0 Å². The van der Waals surface area contributed by atoms with Gasteiger partial charge in [0.2, 0.25) is 5.91 Å². The van der Waals surface area contributed by atoms with Gasteiger partial charge >= 0.3 is 0 Å². The van der Waals surface area contributed by atoms with E-state index in [4.69, 9.17) is 33.7 Å². The van der Waals surface area contributed by atoms with Crippen LogP contribution in [0.3, 0.4) is 0 Å². The second-order valence-corrected chi connectivity index (χ2v) is 5.52. The van der Waals surface area contributed by atoms with Crippen LogP contribution in [0.1, 0.15) is 6.92 Å². The maximum atomic E-state index is 12.2. The Morgan fingerprint density at radius 2 is 2.06 bits per heavy atom. The predicted molar refractivity (Wildman–Crippen MR) is 72.0 cm³/mol. The third-order valence-corrected chi connectivity index (χ3v) is 3.59. The van der Waals surface area contributed by atoms with E-state index in [1.807, 2.05) is 0 Å². The molecule has 1 saturated heterocycles. The van der Waals surface area contributed by atoms with E-state index in [1.54, 1.807) is 25.1 Å². The Kier molecular flexibility index (Phi) is 3.82. The van der Waals surface area contributed by atoms with Gasteiger partial charge in [-0.05, 0) is 25.1 Å². The number of carbonyl (C=O) groups excluding carboxylic acids is 1. The van der Waals surface area contributed by atoms with Gasteiger partial charge in [0.15, 0.2) is 0 Å². The van der Waals surface area contributed by atoms with Crippen LogP contribution >= 0.6 is 23.2 Å². The van der Waals surface area contributed by atoms with Crippen LogP contribution in [0.25, 0.3) is 0 Å². The first-order valence-electron chi connectivity index (χ1n) is 5.53. The van der Waals surface area contributed by atoms with Crippen molar-refractivity contribution in [2.75, 3.05) is 18.5 Å². The molecular weight excluding hydrogens is 275 g/mol. The molecule has 1 aromatic carbocycles. The topological polar surface area (TPSA) is 64.3 Å². The molecule has 1 aromatic rings. The number of halogens is 2. The van der Waals surface area contributed by atoms with Gasteiger partial charge in [-0.25, -0.2) is 0 Å². The van der Waals surface area contributed by atoms with E-state index in [9.17, 15) is 4.79 Å². The average molecular weight is 289 g/mol. The smallest absolute Gasteiger partial charge is 0.234 e. The molecule has 3 N–H and O–H groups in total. The number of amides is 1. The standard InChI is InChI=1S/C12H14Cl2N2O2/c1-12(6-18-5-10(12)15)11(17)16-9-3-7(13)2-8(14)4-9/h2-4,10H,5-6,15H2,1H3,(H,16,17). The molecule has 0 saturated carbocycles. The number of hydrogen-bond donors (Lipinski definition) is 2. The molecule has 0 aromatic heterocycles. The molecule has 0 aliphatic carbocycles. The van der Waals surface area contributed by atoms with E-state index >= 15 is 0 Å². The molecule has 1 aliphatic heterocycles.